The summed E-state index contributed by atoms with van der Waals surface area (Å²) in [6.45, 7) is 4.17. The van der Waals surface area contributed by atoms with Crippen LogP contribution >= 0.6 is 34.8 Å². The van der Waals surface area contributed by atoms with E-state index in [2.05, 4.69) is 28.0 Å². The van der Waals surface area contributed by atoms with Gasteiger partial charge in [-0.15, -0.1) is 0 Å². The van der Waals surface area contributed by atoms with Crippen molar-refractivity contribution >= 4 is 82.3 Å². The van der Waals surface area contributed by atoms with Gasteiger partial charge in [0.2, 0.25) is 0 Å². The Hall–Kier alpha value is -4.34. The molecule has 0 aliphatic heterocycles. The fraction of sp³-hybridized carbons (Fsp3) is 0.172. The van der Waals surface area contributed by atoms with Gasteiger partial charge in [-0.3, -0.25) is 14.8 Å². The van der Waals surface area contributed by atoms with E-state index in [0.29, 0.717) is 45.3 Å². The van der Waals surface area contributed by atoms with E-state index in [0.717, 1.165) is 23.2 Å². The summed E-state index contributed by atoms with van der Waals surface area (Å²) in [7, 11) is 0. The standard InChI is InChI=1S/C13H13NO.C10H11ClN2O2.C5H4Cl2N2.CO2/c1-2-3-4-10-7-11-8-12(15)5-6-13(11)14-9-10;1-2-15-10(14)4-3-9-8(12)5-7(11)6-13-9;6-3-1-4(8)5(7)9-2-3;2-1-3/h3-7,9H,2,8H2,1H3;3-6H,2,12H2,1H3;1-2H,8H2;/b2*4-3+;;. The van der Waals surface area contributed by atoms with Gasteiger partial charge in [0.1, 0.15) is 0 Å². The number of nitrogens with two attached hydrogens (primary N) is 2. The molecule has 10 nitrogen and oxygen atoms in total. The van der Waals surface area contributed by atoms with E-state index >= 15 is 0 Å². The van der Waals surface area contributed by atoms with Crippen molar-refractivity contribution < 1.29 is 23.9 Å². The molecular formula is C29H28Cl3N5O5. The predicted octanol–water partition coefficient (Wildman–Crippen LogP) is 5.92. The lowest BCUT2D eigenvalue weighted by molar-refractivity contribution is -0.191. The number of fused-ring (bicyclic) bond motifs is 1. The van der Waals surface area contributed by atoms with Gasteiger partial charge in [-0.05, 0) is 60.9 Å². The number of halogens is 3. The molecule has 42 heavy (non-hydrogen) atoms. The average Bonchev–Trinajstić information content (AvgIpc) is 2.94. The summed E-state index contributed by atoms with van der Waals surface area (Å²) in [5, 5.41) is 1.25. The Bertz CT molecular complexity index is 1490. The number of ketones is 1. The van der Waals surface area contributed by atoms with Crippen molar-refractivity contribution in [1.29, 1.82) is 0 Å². The Kier molecular flexibility index (Phi) is 16.7. The van der Waals surface area contributed by atoms with Crippen LogP contribution < -0.4 is 11.5 Å². The summed E-state index contributed by atoms with van der Waals surface area (Å²) in [5.74, 6) is -0.269. The first kappa shape index (κ1) is 35.7. The first-order valence-electron chi connectivity index (χ1n) is 12.2. The average molecular weight is 633 g/mol. The largest absolute Gasteiger partial charge is 0.463 e. The maximum atomic E-state index is 11.2. The monoisotopic (exact) mass is 631 g/mol. The fourth-order valence-corrected chi connectivity index (χ4v) is 3.41. The van der Waals surface area contributed by atoms with Crippen molar-refractivity contribution in [3.05, 3.63) is 92.7 Å². The first-order chi connectivity index (χ1) is 20.0. The van der Waals surface area contributed by atoms with Gasteiger partial charge in [-0.25, -0.2) is 9.78 Å². The number of rotatable bonds is 5. The lowest BCUT2D eigenvalue weighted by Crippen LogP contribution is -2.06. The van der Waals surface area contributed by atoms with Crippen molar-refractivity contribution in [2.75, 3.05) is 18.1 Å². The number of carbonyl (C=O) groups is 2. The van der Waals surface area contributed by atoms with E-state index in [9.17, 15) is 9.59 Å². The molecule has 4 N–H and O–H groups in total. The summed E-state index contributed by atoms with van der Waals surface area (Å²) in [5.41, 5.74) is 15.3. The minimum atomic E-state index is -0.423. The molecular weight excluding hydrogens is 605 g/mol. The topological polar surface area (TPSA) is 168 Å². The molecule has 3 aromatic heterocycles. The van der Waals surface area contributed by atoms with Crippen LogP contribution in [0.25, 0.3) is 18.2 Å². The number of allylic oxidation sites excluding steroid dienone is 2. The number of esters is 1. The van der Waals surface area contributed by atoms with Gasteiger partial charge in [-0.2, -0.15) is 9.59 Å². The van der Waals surface area contributed by atoms with E-state index in [1.807, 2.05) is 18.3 Å². The zero-order valence-electron chi connectivity index (χ0n) is 22.7. The molecule has 4 rings (SSSR count). The fourth-order valence-electron chi connectivity index (χ4n) is 2.97. The van der Waals surface area contributed by atoms with Crippen LogP contribution in [0.15, 0.2) is 55.0 Å². The smallest absolute Gasteiger partial charge is 0.373 e. The van der Waals surface area contributed by atoms with Gasteiger partial charge in [0, 0.05) is 31.1 Å². The summed E-state index contributed by atoms with van der Waals surface area (Å²) in [6.07, 6.45) is 16.8. The Morgan fingerprint density at radius 2 is 1.60 bits per heavy atom. The van der Waals surface area contributed by atoms with Crippen LogP contribution in [0, 0.1) is 0 Å². The SMILES string of the molecule is CC/C=C/c1cnc2c(c1)CC(=O)C=C2.CCOC(=O)/C=C/c1ncc(Cl)cc1N.Nc1cc(Cl)cnc1Cl.O=C=O. The maximum Gasteiger partial charge on any atom is 0.373 e. The molecule has 0 unspecified atom stereocenters. The molecule has 0 saturated heterocycles. The summed E-state index contributed by atoms with van der Waals surface area (Å²) < 4.78 is 4.71. The zero-order chi connectivity index (χ0) is 31.5. The van der Waals surface area contributed by atoms with E-state index in [1.54, 1.807) is 31.2 Å². The quantitative estimate of drug-likeness (QED) is 0.195. The van der Waals surface area contributed by atoms with Crippen LogP contribution in [-0.4, -0.2) is 39.5 Å². The van der Waals surface area contributed by atoms with E-state index in [1.165, 1.54) is 24.5 Å². The summed E-state index contributed by atoms with van der Waals surface area (Å²) in [6, 6.07) is 5.16. The number of ether oxygens (including phenoxy) is 1. The Morgan fingerprint density at radius 1 is 0.952 bits per heavy atom. The molecule has 0 radical (unpaired) electrons. The molecule has 1 aliphatic carbocycles. The third kappa shape index (κ3) is 13.8. The minimum Gasteiger partial charge on any atom is -0.463 e. The van der Waals surface area contributed by atoms with Gasteiger partial charge in [0.05, 0.1) is 39.4 Å². The molecule has 0 atom stereocenters. The normalized spacial score (nSPS) is 11.2. The Balaban J connectivity index is 0.000000309. The molecule has 0 saturated carbocycles. The lowest BCUT2D eigenvalue weighted by atomic mass is 9.99. The van der Waals surface area contributed by atoms with E-state index in [-0.39, 0.29) is 11.9 Å². The van der Waals surface area contributed by atoms with Crippen LogP contribution in [-0.2, 0) is 30.3 Å². The number of nitrogen functional groups attached to an aromatic ring is 2. The zero-order valence-corrected chi connectivity index (χ0v) is 25.0. The number of nitrogens with zero attached hydrogens (tertiary/aromatic N) is 3. The molecule has 3 aromatic rings. The van der Waals surface area contributed by atoms with E-state index in [4.69, 9.17) is 60.6 Å². The highest BCUT2D eigenvalue weighted by Gasteiger charge is 2.11. The summed E-state index contributed by atoms with van der Waals surface area (Å²) >= 11 is 16.7. The molecule has 0 aromatic carbocycles. The van der Waals surface area contributed by atoms with Crippen LogP contribution in [0.5, 0.6) is 0 Å². The number of pyridine rings is 3. The van der Waals surface area contributed by atoms with Gasteiger partial charge < -0.3 is 16.2 Å². The number of carbonyl (C=O) groups excluding carboxylic acids is 4. The van der Waals surface area contributed by atoms with Gasteiger partial charge in [0.25, 0.3) is 0 Å². The third-order valence-electron chi connectivity index (χ3n) is 4.77. The lowest BCUT2D eigenvalue weighted by Gasteiger charge is -2.08. The second-order valence-corrected chi connectivity index (χ2v) is 9.16. The maximum absolute atomic E-state index is 11.2. The Labute approximate surface area is 258 Å². The number of hydrogen-bond donors (Lipinski definition) is 2. The van der Waals surface area contributed by atoms with E-state index < -0.39 is 5.97 Å². The van der Waals surface area contributed by atoms with Crippen LogP contribution in [0.1, 0.15) is 42.8 Å². The second kappa shape index (κ2) is 19.7. The van der Waals surface area contributed by atoms with Crippen molar-refractivity contribution in [3.8, 4) is 0 Å². The third-order valence-corrected chi connectivity index (χ3v) is 5.50. The number of anilines is 2. The van der Waals surface area contributed by atoms with Crippen molar-refractivity contribution in [2.24, 2.45) is 0 Å². The molecule has 220 valence electrons. The van der Waals surface area contributed by atoms with Crippen LogP contribution in [0.4, 0.5) is 11.4 Å². The highest BCUT2D eigenvalue weighted by atomic mass is 35.5. The number of hydrogen-bond acceptors (Lipinski definition) is 10. The van der Waals surface area contributed by atoms with Crippen LogP contribution in [0.3, 0.4) is 0 Å². The first-order valence-corrected chi connectivity index (χ1v) is 13.4. The molecule has 1 aliphatic rings. The van der Waals surface area contributed by atoms with Gasteiger partial charge in [0.15, 0.2) is 10.9 Å². The second-order valence-electron chi connectivity index (χ2n) is 7.93. The van der Waals surface area contributed by atoms with Crippen molar-refractivity contribution in [1.82, 2.24) is 15.0 Å². The molecule has 0 fully saturated rings. The van der Waals surface area contributed by atoms with Crippen LogP contribution in [0.2, 0.25) is 15.2 Å². The Morgan fingerprint density at radius 3 is 2.17 bits per heavy atom. The summed E-state index contributed by atoms with van der Waals surface area (Å²) in [4.78, 5) is 50.4. The van der Waals surface area contributed by atoms with Crippen molar-refractivity contribution in [3.63, 3.8) is 0 Å². The van der Waals surface area contributed by atoms with Crippen molar-refractivity contribution in [2.45, 2.75) is 26.7 Å². The highest BCUT2D eigenvalue weighted by Crippen LogP contribution is 2.19. The molecule has 0 bridgehead atoms. The predicted molar refractivity (Wildman–Crippen MR) is 164 cm³/mol. The minimum absolute atomic E-state index is 0.154. The number of aromatic nitrogens is 3. The molecule has 13 heteroatoms. The molecule has 0 amide bonds. The molecule has 0 spiro atoms. The molecule has 3 heterocycles. The highest BCUT2D eigenvalue weighted by molar-refractivity contribution is 6.33. The van der Waals surface area contributed by atoms with Gasteiger partial charge in [-0.1, -0.05) is 53.9 Å². The van der Waals surface area contributed by atoms with Gasteiger partial charge >= 0.3 is 12.1 Å².